The minimum absolute atomic E-state index is 0.141. The molecule has 0 spiro atoms. The first-order chi connectivity index (χ1) is 16.2. The summed E-state index contributed by atoms with van der Waals surface area (Å²) in [6.45, 7) is 0.141. The van der Waals surface area contributed by atoms with Crippen molar-refractivity contribution in [2.45, 2.75) is 6.61 Å². The molecule has 172 valence electrons. The van der Waals surface area contributed by atoms with Crippen LogP contribution in [0.3, 0.4) is 0 Å². The van der Waals surface area contributed by atoms with Gasteiger partial charge in [-0.05, 0) is 60.2 Å². The van der Waals surface area contributed by atoms with Gasteiger partial charge in [0.25, 0.3) is 11.8 Å². The highest BCUT2D eigenvalue weighted by Crippen LogP contribution is 2.30. The second-order valence-electron chi connectivity index (χ2n) is 7.16. The van der Waals surface area contributed by atoms with Crippen LogP contribution in [0.4, 0.5) is 10.5 Å². The van der Waals surface area contributed by atoms with Crippen LogP contribution >= 0.6 is 46.4 Å². The molecule has 0 unspecified atom stereocenters. The molecule has 34 heavy (non-hydrogen) atoms. The molecule has 0 radical (unpaired) electrons. The Morgan fingerprint density at radius 3 is 2.35 bits per heavy atom. The fourth-order valence-corrected chi connectivity index (χ4v) is 3.90. The van der Waals surface area contributed by atoms with Crippen LogP contribution in [0.1, 0.15) is 11.1 Å². The van der Waals surface area contributed by atoms with E-state index in [4.69, 9.17) is 51.1 Å². The lowest BCUT2D eigenvalue weighted by Gasteiger charge is -2.26. The summed E-state index contributed by atoms with van der Waals surface area (Å²) in [6.07, 6.45) is 1.32. The zero-order chi connectivity index (χ0) is 24.4. The number of halogens is 4. The van der Waals surface area contributed by atoms with Gasteiger partial charge in [0.2, 0.25) is 0 Å². The highest BCUT2D eigenvalue weighted by Gasteiger charge is 2.37. The molecule has 10 heteroatoms. The second kappa shape index (κ2) is 10.1. The van der Waals surface area contributed by atoms with Crippen molar-refractivity contribution < 1.29 is 19.1 Å². The molecule has 1 aliphatic heterocycles. The number of hydrogen-bond acceptors (Lipinski definition) is 4. The Balaban J connectivity index is 1.67. The van der Waals surface area contributed by atoms with Crippen LogP contribution in [-0.4, -0.2) is 17.8 Å². The van der Waals surface area contributed by atoms with Crippen LogP contribution in [0.5, 0.6) is 5.75 Å². The highest BCUT2D eigenvalue weighted by atomic mass is 35.5. The average Bonchev–Trinajstić information content (AvgIpc) is 2.78. The van der Waals surface area contributed by atoms with Crippen molar-refractivity contribution in [2.75, 3.05) is 4.90 Å². The molecular weight excluding hydrogens is 522 g/mol. The SMILES string of the molecule is O=C1NC(=O)N(c2cccc(Cl)c2)C(=O)/C1=C/c1cc(Cl)ccc1OCc1ccc(Cl)c(Cl)c1. The number of carbonyl (C=O) groups excluding carboxylic acids is 3. The molecule has 0 saturated carbocycles. The second-order valence-corrected chi connectivity index (χ2v) is 8.84. The van der Waals surface area contributed by atoms with Crippen molar-refractivity contribution >= 4 is 76.0 Å². The summed E-state index contributed by atoms with van der Waals surface area (Å²) >= 11 is 24.2. The van der Waals surface area contributed by atoms with Crippen molar-refractivity contribution in [1.82, 2.24) is 5.32 Å². The van der Waals surface area contributed by atoms with Gasteiger partial charge in [-0.25, -0.2) is 9.69 Å². The maximum Gasteiger partial charge on any atom is 0.335 e. The van der Waals surface area contributed by atoms with E-state index in [1.54, 1.807) is 48.5 Å². The summed E-state index contributed by atoms with van der Waals surface area (Å²) < 4.78 is 5.89. The van der Waals surface area contributed by atoms with Crippen molar-refractivity contribution in [2.24, 2.45) is 0 Å². The standard InChI is InChI=1S/C24H14Cl4N2O4/c25-15-2-1-3-17(11-15)30-23(32)18(22(31)29-24(30)33)10-14-9-16(26)5-7-21(14)34-12-13-4-6-19(27)20(28)8-13/h1-11H,12H2,(H,29,31,33)/b18-10+. The van der Waals surface area contributed by atoms with Crippen LogP contribution in [0.2, 0.25) is 20.1 Å². The molecule has 0 atom stereocenters. The lowest BCUT2D eigenvalue weighted by molar-refractivity contribution is -0.122. The lowest BCUT2D eigenvalue weighted by atomic mass is 10.1. The van der Waals surface area contributed by atoms with Gasteiger partial charge in [0.15, 0.2) is 0 Å². The Labute approximate surface area is 214 Å². The number of amides is 4. The van der Waals surface area contributed by atoms with E-state index in [1.165, 1.54) is 18.2 Å². The number of barbiturate groups is 1. The van der Waals surface area contributed by atoms with Crippen LogP contribution in [-0.2, 0) is 16.2 Å². The van der Waals surface area contributed by atoms with Crippen molar-refractivity contribution in [1.29, 1.82) is 0 Å². The number of nitrogens with one attached hydrogen (secondary N) is 1. The number of nitrogens with zero attached hydrogens (tertiary/aromatic N) is 1. The van der Waals surface area contributed by atoms with Crippen LogP contribution < -0.4 is 15.0 Å². The monoisotopic (exact) mass is 534 g/mol. The third-order valence-corrected chi connectivity index (χ3v) is 6.03. The smallest absolute Gasteiger partial charge is 0.335 e. The number of carbonyl (C=O) groups is 3. The minimum atomic E-state index is -0.878. The van der Waals surface area contributed by atoms with Gasteiger partial charge in [-0.1, -0.05) is 58.5 Å². The van der Waals surface area contributed by atoms with E-state index in [2.05, 4.69) is 5.32 Å². The number of ether oxygens (including phenoxy) is 1. The molecule has 4 rings (SSSR count). The van der Waals surface area contributed by atoms with E-state index in [-0.39, 0.29) is 17.9 Å². The van der Waals surface area contributed by atoms with Gasteiger partial charge in [-0.2, -0.15) is 0 Å². The van der Waals surface area contributed by atoms with E-state index < -0.39 is 17.8 Å². The summed E-state index contributed by atoms with van der Waals surface area (Å²) in [6, 6.07) is 15.1. The first-order valence-corrected chi connectivity index (χ1v) is 11.3. The Kier molecular flexibility index (Phi) is 7.14. The van der Waals surface area contributed by atoms with Gasteiger partial charge in [0.05, 0.1) is 15.7 Å². The first kappa shape index (κ1) is 24.1. The molecule has 0 aromatic heterocycles. The van der Waals surface area contributed by atoms with Crippen LogP contribution in [0, 0.1) is 0 Å². The third-order valence-electron chi connectivity index (χ3n) is 4.82. The van der Waals surface area contributed by atoms with Gasteiger partial charge in [-0.3, -0.25) is 14.9 Å². The van der Waals surface area contributed by atoms with Gasteiger partial charge < -0.3 is 4.74 Å². The predicted molar refractivity (Wildman–Crippen MR) is 133 cm³/mol. The summed E-state index contributed by atoms with van der Waals surface area (Å²) in [5.41, 5.74) is 1.07. The number of imide groups is 2. The number of rotatable bonds is 5. The maximum atomic E-state index is 13.1. The quantitative estimate of drug-likeness (QED) is 0.297. The van der Waals surface area contributed by atoms with E-state index >= 15 is 0 Å². The summed E-state index contributed by atoms with van der Waals surface area (Å²) in [5, 5.41) is 3.66. The largest absolute Gasteiger partial charge is 0.488 e. The molecule has 4 amide bonds. The van der Waals surface area contributed by atoms with E-state index in [0.29, 0.717) is 31.4 Å². The molecule has 1 N–H and O–H groups in total. The molecule has 1 fully saturated rings. The van der Waals surface area contributed by atoms with Crippen LogP contribution in [0.25, 0.3) is 6.08 Å². The van der Waals surface area contributed by atoms with Crippen molar-refractivity contribution in [3.63, 3.8) is 0 Å². The van der Waals surface area contributed by atoms with Gasteiger partial charge >= 0.3 is 6.03 Å². The normalized spacial score (nSPS) is 15.0. The van der Waals surface area contributed by atoms with E-state index in [1.807, 2.05) is 0 Å². The van der Waals surface area contributed by atoms with Gasteiger partial charge in [-0.15, -0.1) is 0 Å². The Bertz CT molecular complexity index is 1360. The van der Waals surface area contributed by atoms with Crippen molar-refractivity contribution in [3.05, 3.63) is 97.5 Å². The number of benzene rings is 3. The Morgan fingerprint density at radius 2 is 1.62 bits per heavy atom. The zero-order valence-corrected chi connectivity index (χ0v) is 20.2. The summed E-state index contributed by atoms with van der Waals surface area (Å²) in [5.74, 6) is -1.30. The third kappa shape index (κ3) is 5.21. The molecule has 0 aliphatic carbocycles. The highest BCUT2D eigenvalue weighted by molar-refractivity contribution is 6.42. The fourth-order valence-electron chi connectivity index (χ4n) is 3.22. The topological polar surface area (TPSA) is 75.7 Å². The van der Waals surface area contributed by atoms with Gasteiger partial charge in [0, 0.05) is 15.6 Å². The molecule has 1 heterocycles. The minimum Gasteiger partial charge on any atom is -0.488 e. The predicted octanol–water partition coefficient (Wildman–Crippen LogP) is 6.55. The lowest BCUT2D eigenvalue weighted by Crippen LogP contribution is -2.54. The van der Waals surface area contributed by atoms with E-state index in [0.717, 1.165) is 10.5 Å². The summed E-state index contributed by atoms with van der Waals surface area (Å²) in [4.78, 5) is 38.9. The molecule has 1 aliphatic rings. The molecule has 3 aromatic carbocycles. The van der Waals surface area contributed by atoms with Crippen molar-refractivity contribution in [3.8, 4) is 5.75 Å². The Morgan fingerprint density at radius 1 is 0.853 bits per heavy atom. The van der Waals surface area contributed by atoms with Gasteiger partial charge in [0.1, 0.15) is 17.9 Å². The number of hydrogen-bond donors (Lipinski definition) is 1. The fraction of sp³-hybridized carbons (Fsp3) is 0.0417. The molecule has 1 saturated heterocycles. The first-order valence-electron chi connectivity index (χ1n) is 9.76. The molecule has 3 aromatic rings. The molecular formula is C24H14Cl4N2O4. The summed E-state index contributed by atoms with van der Waals surface area (Å²) in [7, 11) is 0. The number of anilines is 1. The zero-order valence-electron chi connectivity index (χ0n) is 17.2. The van der Waals surface area contributed by atoms with E-state index in [9.17, 15) is 14.4 Å². The Hall–Kier alpha value is -3.03. The maximum absolute atomic E-state index is 13.1. The molecule has 0 bridgehead atoms. The molecule has 6 nitrogen and oxygen atoms in total. The van der Waals surface area contributed by atoms with Crippen LogP contribution in [0.15, 0.2) is 66.2 Å². The average molecular weight is 536 g/mol. The number of urea groups is 1.